The lowest BCUT2D eigenvalue weighted by Gasteiger charge is -2.36. The molecule has 27 heavy (non-hydrogen) atoms. The molecule has 0 aromatic heterocycles. The van der Waals surface area contributed by atoms with Gasteiger partial charge in [0.05, 0.1) is 6.61 Å². The van der Waals surface area contributed by atoms with Gasteiger partial charge in [0.15, 0.2) is 0 Å². The highest BCUT2D eigenvalue weighted by molar-refractivity contribution is 5.87. The van der Waals surface area contributed by atoms with E-state index in [0.29, 0.717) is 26.2 Å². The van der Waals surface area contributed by atoms with Crippen LogP contribution in [0.15, 0.2) is 12.2 Å². The fraction of sp³-hybridized carbons (Fsp3) is 0.800. The molecule has 0 bridgehead atoms. The molecule has 2 rings (SSSR count). The zero-order valence-corrected chi connectivity index (χ0v) is 17.4. The van der Waals surface area contributed by atoms with Gasteiger partial charge < -0.3 is 25.0 Å². The Kier molecular flexibility index (Phi) is 6.58. The molecule has 1 saturated heterocycles. The third-order valence-corrected chi connectivity index (χ3v) is 5.69. The Morgan fingerprint density at radius 1 is 1.26 bits per heavy atom. The smallest absolute Gasteiger partial charge is 0.410 e. The summed E-state index contributed by atoms with van der Waals surface area (Å²) in [5.74, 6) is -0.127. The number of carbonyl (C=O) groups is 2. The number of hydrogen-bond acceptors (Lipinski definition) is 5. The minimum atomic E-state index is -0.495. The second-order valence-electron chi connectivity index (χ2n) is 9.25. The fourth-order valence-electron chi connectivity index (χ4n) is 3.97. The van der Waals surface area contributed by atoms with Crippen LogP contribution in [0.1, 0.15) is 40.0 Å². The second kappa shape index (κ2) is 8.19. The van der Waals surface area contributed by atoms with Gasteiger partial charge in [0.2, 0.25) is 5.91 Å². The molecule has 1 atom stereocenters. The molecule has 1 unspecified atom stereocenters. The summed E-state index contributed by atoms with van der Waals surface area (Å²) in [6.07, 6.45) is 5.65. The molecule has 2 amide bonds. The molecule has 1 aliphatic heterocycles. The number of hydrogen-bond donors (Lipinski definition) is 2. The summed E-state index contributed by atoms with van der Waals surface area (Å²) in [6.45, 7) is 8.10. The fourth-order valence-corrected chi connectivity index (χ4v) is 3.97. The number of likely N-dealkylation sites (N-methyl/N-ethyl adjacent to an activating group) is 1. The predicted octanol–water partition coefficient (Wildman–Crippen LogP) is 1.62. The molecule has 2 fully saturated rings. The standard InChI is InChI=1S/C20H35N3O4/c1-18(2,3)27-17(26)23-11-8-19(9-12-23)13-20(19,15-24)14-21-16(25)7-6-10-22(4)5/h6-7,24H,8-15H2,1-5H3,(H,21,25)/b7-6+. The van der Waals surface area contributed by atoms with E-state index in [4.69, 9.17) is 4.74 Å². The first-order valence-corrected chi connectivity index (χ1v) is 9.70. The highest BCUT2D eigenvalue weighted by Crippen LogP contribution is 2.68. The summed E-state index contributed by atoms with van der Waals surface area (Å²) >= 11 is 0. The lowest BCUT2D eigenvalue weighted by Crippen LogP contribution is -2.44. The van der Waals surface area contributed by atoms with Crippen LogP contribution in [-0.2, 0) is 9.53 Å². The first-order valence-electron chi connectivity index (χ1n) is 9.70. The van der Waals surface area contributed by atoms with E-state index in [0.717, 1.165) is 19.3 Å². The van der Waals surface area contributed by atoms with Crippen LogP contribution in [0.3, 0.4) is 0 Å². The van der Waals surface area contributed by atoms with Gasteiger partial charge in [-0.25, -0.2) is 4.79 Å². The molecular formula is C20H35N3O4. The van der Waals surface area contributed by atoms with Crippen molar-refractivity contribution in [1.82, 2.24) is 15.1 Å². The van der Waals surface area contributed by atoms with Gasteiger partial charge in [0.25, 0.3) is 0 Å². The molecule has 0 aromatic carbocycles. The van der Waals surface area contributed by atoms with Crippen LogP contribution in [0.2, 0.25) is 0 Å². The number of likely N-dealkylation sites (tertiary alicyclic amines) is 1. The van der Waals surface area contributed by atoms with Crippen molar-refractivity contribution in [1.29, 1.82) is 0 Å². The summed E-state index contributed by atoms with van der Waals surface area (Å²) in [6, 6.07) is 0. The van der Waals surface area contributed by atoms with Crippen molar-refractivity contribution in [2.45, 2.75) is 45.6 Å². The summed E-state index contributed by atoms with van der Waals surface area (Å²) in [4.78, 5) is 27.9. The quantitative estimate of drug-likeness (QED) is 0.683. The third kappa shape index (κ3) is 5.45. The average molecular weight is 382 g/mol. The Hall–Kier alpha value is -1.60. The van der Waals surface area contributed by atoms with Crippen LogP contribution in [0.25, 0.3) is 0 Å². The molecule has 1 saturated carbocycles. The Labute approximate surface area is 162 Å². The Morgan fingerprint density at radius 2 is 1.89 bits per heavy atom. The molecule has 7 heteroatoms. The van der Waals surface area contributed by atoms with Crippen molar-refractivity contribution < 1.29 is 19.4 Å². The molecule has 2 N–H and O–H groups in total. The molecule has 1 spiro atoms. The lowest BCUT2D eigenvalue weighted by molar-refractivity contribution is -0.116. The molecule has 0 radical (unpaired) electrons. The largest absolute Gasteiger partial charge is 0.444 e. The predicted molar refractivity (Wildman–Crippen MR) is 104 cm³/mol. The number of nitrogens with one attached hydrogen (secondary N) is 1. The monoisotopic (exact) mass is 381 g/mol. The van der Waals surface area contributed by atoms with E-state index in [1.807, 2.05) is 45.8 Å². The molecule has 7 nitrogen and oxygen atoms in total. The molecule has 1 heterocycles. The van der Waals surface area contributed by atoms with E-state index in [9.17, 15) is 14.7 Å². The van der Waals surface area contributed by atoms with Crippen LogP contribution in [-0.4, -0.2) is 79.4 Å². The number of aliphatic hydroxyl groups is 1. The Bertz CT molecular complexity index is 574. The number of nitrogens with zero attached hydrogens (tertiary/aromatic N) is 2. The van der Waals surface area contributed by atoms with Gasteiger partial charge in [0, 0.05) is 37.7 Å². The molecule has 1 aliphatic carbocycles. The van der Waals surface area contributed by atoms with E-state index in [2.05, 4.69) is 5.32 Å². The number of rotatable bonds is 6. The van der Waals surface area contributed by atoms with Crippen molar-refractivity contribution in [3.8, 4) is 0 Å². The van der Waals surface area contributed by atoms with E-state index >= 15 is 0 Å². The van der Waals surface area contributed by atoms with Crippen LogP contribution in [0.5, 0.6) is 0 Å². The van der Waals surface area contributed by atoms with Crippen molar-refractivity contribution in [3.63, 3.8) is 0 Å². The normalized spacial score (nSPS) is 24.5. The van der Waals surface area contributed by atoms with E-state index in [1.54, 1.807) is 11.0 Å². The third-order valence-electron chi connectivity index (χ3n) is 5.69. The maximum Gasteiger partial charge on any atom is 0.410 e. The molecule has 154 valence electrons. The van der Waals surface area contributed by atoms with Crippen molar-refractivity contribution in [3.05, 3.63) is 12.2 Å². The van der Waals surface area contributed by atoms with E-state index in [-0.39, 0.29) is 29.4 Å². The number of ether oxygens (including phenoxy) is 1. The van der Waals surface area contributed by atoms with Gasteiger partial charge in [0.1, 0.15) is 5.60 Å². The maximum atomic E-state index is 12.2. The topological polar surface area (TPSA) is 82.1 Å². The molecule has 2 aliphatic rings. The van der Waals surface area contributed by atoms with Gasteiger partial charge in [-0.1, -0.05) is 6.08 Å². The summed E-state index contributed by atoms with van der Waals surface area (Å²) in [7, 11) is 3.89. The van der Waals surface area contributed by atoms with E-state index < -0.39 is 5.60 Å². The first kappa shape index (κ1) is 21.7. The zero-order valence-electron chi connectivity index (χ0n) is 17.4. The number of aliphatic hydroxyl groups excluding tert-OH is 1. The first-order chi connectivity index (χ1) is 12.5. The number of amides is 2. The molecular weight excluding hydrogens is 346 g/mol. The maximum absolute atomic E-state index is 12.2. The Morgan fingerprint density at radius 3 is 2.41 bits per heavy atom. The van der Waals surface area contributed by atoms with Crippen LogP contribution in [0, 0.1) is 10.8 Å². The van der Waals surface area contributed by atoms with Gasteiger partial charge >= 0.3 is 6.09 Å². The number of piperidine rings is 1. The van der Waals surface area contributed by atoms with E-state index in [1.165, 1.54) is 0 Å². The molecule has 0 aromatic rings. The van der Waals surface area contributed by atoms with Crippen LogP contribution in [0.4, 0.5) is 4.79 Å². The number of carbonyl (C=O) groups excluding carboxylic acids is 2. The van der Waals surface area contributed by atoms with Crippen LogP contribution < -0.4 is 5.32 Å². The van der Waals surface area contributed by atoms with Crippen molar-refractivity contribution in [2.75, 3.05) is 46.9 Å². The highest BCUT2D eigenvalue weighted by atomic mass is 16.6. The summed E-state index contributed by atoms with van der Waals surface area (Å²) in [5.41, 5.74) is -0.746. The SMILES string of the molecule is CN(C)C/C=C/C(=O)NCC1(CO)CC12CCN(C(=O)OC(C)(C)C)CC2. The van der Waals surface area contributed by atoms with Gasteiger partial charge in [-0.2, -0.15) is 0 Å². The van der Waals surface area contributed by atoms with Crippen molar-refractivity contribution >= 4 is 12.0 Å². The van der Waals surface area contributed by atoms with Crippen LogP contribution >= 0.6 is 0 Å². The highest BCUT2D eigenvalue weighted by Gasteiger charge is 2.66. The average Bonchev–Trinajstić information content (AvgIpc) is 3.18. The second-order valence-corrected chi connectivity index (χ2v) is 9.25. The minimum absolute atomic E-state index is 0.0148. The minimum Gasteiger partial charge on any atom is -0.444 e. The van der Waals surface area contributed by atoms with Gasteiger partial charge in [-0.05, 0) is 59.5 Å². The lowest BCUT2D eigenvalue weighted by atomic mass is 9.84. The van der Waals surface area contributed by atoms with Crippen molar-refractivity contribution in [2.24, 2.45) is 10.8 Å². The Balaban J connectivity index is 1.84. The summed E-state index contributed by atoms with van der Waals surface area (Å²) < 4.78 is 5.45. The van der Waals surface area contributed by atoms with Gasteiger partial charge in [-0.15, -0.1) is 0 Å². The summed E-state index contributed by atoms with van der Waals surface area (Å²) in [5, 5.41) is 12.9. The zero-order chi connectivity index (χ0) is 20.3. The van der Waals surface area contributed by atoms with Gasteiger partial charge in [-0.3, -0.25) is 4.79 Å².